The molecule has 0 spiro atoms. The number of nitrogens with one attached hydrogen (secondary N) is 2. The van der Waals surface area contributed by atoms with E-state index in [1.54, 1.807) is 6.92 Å². The number of nitrogens with zero attached hydrogens (tertiary/aromatic N) is 1. The Hall–Kier alpha value is -2.66. The Morgan fingerprint density at radius 3 is 2.87 bits per heavy atom. The van der Waals surface area contributed by atoms with Crippen LogP contribution in [-0.2, 0) is 23.9 Å². The maximum atomic E-state index is 13.4. The minimum Gasteiger partial charge on any atom is -0.433 e. The van der Waals surface area contributed by atoms with Crippen LogP contribution in [0.15, 0.2) is 24.3 Å². The van der Waals surface area contributed by atoms with Gasteiger partial charge in [0.05, 0.1) is 13.0 Å². The molecular weight excluding hydrogens is 429 g/mol. The Morgan fingerprint density at radius 2 is 2.13 bits per heavy atom. The molecule has 9 nitrogen and oxygen atoms in total. The third-order valence-electron chi connectivity index (χ3n) is 4.77. The average molecular weight is 453 g/mol. The van der Waals surface area contributed by atoms with Gasteiger partial charge in [0.2, 0.25) is 18.1 Å². The first-order chi connectivity index (χ1) is 14.9. The predicted molar refractivity (Wildman–Crippen MR) is 110 cm³/mol. The van der Waals surface area contributed by atoms with Gasteiger partial charge in [-0.15, -0.1) is 0 Å². The molecule has 2 saturated heterocycles. The molecule has 0 radical (unpaired) electrons. The summed E-state index contributed by atoms with van der Waals surface area (Å²) in [5.74, 6) is -1.49. The van der Waals surface area contributed by atoms with Gasteiger partial charge in [-0.1, -0.05) is 6.07 Å². The van der Waals surface area contributed by atoms with Crippen LogP contribution in [0.4, 0.5) is 4.39 Å². The van der Waals surface area contributed by atoms with Crippen LogP contribution in [-0.4, -0.2) is 78.2 Å². The molecule has 2 N–H and O–H groups in total. The first-order valence-corrected chi connectivity index (χ1v) is 11.1. The van der Waals surface area contributed by atoms with Crippen LogP contribution in [0, 0.1) is 5.82 Å². The molecule has 0 aliphatic carbocycles. The lowest BCUT2D eigenvalue weighted by molar-refractivity contribution is -0.164. The molecule has 2 heterocycles. The van der Waals surface area contributed by atoms with Crippen LogP contribution in [0.1, 0.15) is 23.7 Å². The number of carbonyl (C=O) groups excluding carboxylic acids is 4. The largest absolute Gasteiger partial charge is 0.433 e. The lowest BCUT2D eigenvalue weighted by Gasteiger charge is -2.25. The molecule has 2 fully saturated rings. The van der Waals surface area contributed by atoms with Gasteiger partial charge < -0.3 is 25.0 Å². The second kappa shape index (κ2) is 10.6. The highest BCUT2D eigenvalue weighted by Crippen LogP contribution is 2.17. The summed E-state index contributed by atoms with van der Waals surface area (Å²) in [6.45, 7) is 2.17. The Morgan fingerprint density at radius 1 is 1.32 bits per heavy atom. The van der Waals surface area contributed by atoms with Crippen molar-refractivity contribution in [1.82, 2.24) is 15.5 Å². The molecule has 3 amide bonds. The van der Waals surface area contributed by atoms with Crippen molar-refractivity contribution in [2.45, 2.75) is 31.7 Å². The Balaban J connectivity index is 1.59. The molecule has 2 aliphatic heterocycles. The zero-order valence-electron chi connectivity index (χ0n) is 17.0. The third-order valence-corrected chi connectivity index (χ3v) is 5.81. The summed E-state index contributed by atoms with van der Waals surface area (Å²) in [5.41, 5.74) is 0.110. The molecule has 168 valence electrons. The van der Waals surface area contributed by atoms with E-state index >= 15 is 0 Å². The quantitative estimate of drug-likeness (QED) is 0.571. The van der Waals surface area contributed by atoms with Crippen LogP contribution in [0.3, 0.4) is 0 Å². The number of hydrogen-bond acceptors (Lipinski definition) is 7. The fourth-order valence-corrected chi connectivity index (χ4v) is 4.28. The molecule has 0 saturated carbocycles. The Labute approximate surface area is 183 Å². The fraction of sp³-hybridized carbons (Fsp3) is 0.500. The number of ether oxygens (including phenoxy) is 2. The van der Waals surface area contributed by atoms with Crippen molar-refractivity contribution in [2.24, 2.45) is 0 Å². The number of hydrogen-bond donors (Lipinski definition) is 2. The van der Waals surface area contributed by atoms with Gasteiger partial charge in [-0.25, -0.2) is 4.39 Å². The molecule has 3 unspecified atom stereocenters. The fourth-order valence-electron chi connectivity index (χ4n) is 3.30. The smallest absolute Gasteiger partial charge is 0.310 e. The summed E-state index contributed by atoms with van der Waals surface area (Å²) < 4.78 is 23.7. The zero-order valence-corrected chi connectivity index (χ0v) is 17.8. The maximum Gasteiger partial charge on any atom is 0.310 e. The van der Waals surface area contributed by atoms with E-state index in [-0.39, 0.29) is 18.5 Å². The van der Waals surface area contributed by atoms with Gasteiger partial charge in [0.25, 0.3) is 5.91 Å². The number of amides is 3. The van der Waals surface area contributed by atoms with Crippen LogP contribution >= 0.6 is 11.8 Å². The summed E-state index contributed by atoms with van der Waals surface area (Å²) in [6.07, 6.45) is -0.859. The lowest BCUT2D eigenvalue weighted by atomic mass is 10.2. The third kappa shape index (κ3) is 6.17. The van der Waals surface area contributed by atoms with Crippen molar-refractivity contribution in [1.29, 1.82) is 0 Å². The number of thioether (sulfide) groups is 1. The Kier molecular flexibility index (Phi) is 7.85. The minimum atomic E-state index is -0.852. The van der Waals surface area contributed by atoms with E-state index in [9.17, 15) is 23.6 Å². The molecule has 0 bridgehead atoms. The second-order valence-electron chi connectivity index (χ2n) is 7.06. The van der Waals surface area contributed by atoms with E-state index in [1.807, 2.05) is 0 Å². The van der Waals surface area contributed by atoms with Gasteiger partial charge >= 0.3 is 5.97 Å². The molecule has 31 heavy (non-hydrogen) atoms. The van der Waals surface area contributed by atoms with E-state index in [1.165, 1.54) is 34.9 Å². The second-order valence-corrected chi connectivity index (χ2v) is 8.21. The van der Waals surface area contributed by atoms with E-state index < -0.39 is 47.9 Å². The van der Waals surface area contributed by atoms with Gasteiger partial charge in [-0.3, -0.25) is 19.2 Å². The molecular formula is C20H24FN3O6S. The molecule has 3 atom stereocenters. The molecule has 3 rings (SSSR count). The molecule has 1 aromatic carbocycles. The lowest BCUT2D eigenvalue weighted by Crippen LogP contribution is -2.52. The van der Waals surface area contributed by atoms with Crippen LogP contribution < -0.4 is 10.6 Å². The number of benzene rings is 1. The van der Waals surface area contributed by atoms with Gasteiger partial charge in [-0.2, -0.15) is 11.8 Å². The van der Waals surface area contributed by atoms with E-state index in [4.69, 9.17) is 9.47 Å². The summed E-state index contributed by atoms with van der Waals surface area (Å²) in [7, 11) is 0. The number of esters is 1. The number of halogens is 1. The SMILES string of the molecule is CCOC1OC(=O)CC1NC(=O)CN1CCSCC(NC(=O)c2cccc(F)c2)C1=O. The first kappa shape index (κ1) is 23.0. The monoisotopic (exact) mass is 453 g/mol. The minimum absolute atomic E-state index is 0.00742. The van der Waals surface area contributed by atoms with E-state index in [0.717, 1.165) is 6.07 Å². The molecule has 1 aromatic rings. The van der Waals surface area contributed by atoms with Gasteiger partial charge in [0, 0.05) is 30.2 Å². The van der Waals surface area contributed by atoms with Crippen LogP contribution in [0.2, 0.25) is 0 Å². The van der Waals surface area contributed by atoms with Gasteiger partial charge in [0.15, 0.2) is 0 Å². The number of rotatable bonds is 7. The highest BCUT2D eigenvalue weighted by molar-refractivity contribution is 7.99. The standard InChI is InChI=1S/C20H24FN3O6S/c1-2-29-20-14(9-17(26)30-20)22-16(25)10-24-6-7-31-11-15(19(24)28)23-18(27)12-4-3-5-13(21)8-12/h3-5,8,14-15,20H,2,6-7,9-11H2,1H3,(H,22,25)(H,23,27). The first-order valence-electron chi connectivity index (χ1n) is 9.90. The number of carbonyl (C=O) groups is 4. The summed E-state index contributed by atoms with van der Waals surface area (Å²) >= 11 is 1.47. The highest BCUT2D eigenvalue weighted by atomic mass is 32.2. The topological polar surface area (TPSA) is 114 Å². The van der Waals surface area contributed by atoms with Crippen LogP contribution in [0.25, 0.3) is 0 Å². The van der Waals surface area contributed by atoms with E-state index in [2.05, 4.69) is 10.6 Å². The molecule has 11 heteroatoms. The average Bonchev–Trinajstić information content (AvgIpc) is 2.97. The normalized spacial score (nSPS) is 23.8. The Bertz CT molecular complexity index is 854. The predicted octanol–water partition coefficient (Wildman–Crippen LogP) is 0.294. The van der Waals surface area contributed by atoms with Crippen molar-refractivity contribution >= 4 is 35.5 Å². The maximum absolute atomic E-state index is 13.4. The van der Waals surface area contributed by atoms with Crippen LogP contribution in [0.5, 0.6) is 0 Å². The zero-order chi connectivity index (χ0) is 22.4. The van der Waals surface area contributed by atoms with Gasteiger partial charge in [0.1, 0.15) is 17.9 Å². The molecule has 2 aliphatic rings. The number of cyclic esters (lactones) is 1. The van der Waals surface area contributed by atoms with Crippen molar-refractivity contribution in [2.75, 3.05) is 31.2 Å². The summed E-state index contributed by atoms with van der Waals surface area (Å²) in [5, 5.41) is 5.30. The highest BCUT2D eigenvalue weighted by Gasteiger charge is 2.37. The van der Waals surface area contributed by atoms with Gasteiger partial charge in [-0.05, 0) is 25.1 Å². The van der Waals surface area contributed by atoms with Crippen molar-refractivity contribution in [3.05, 3.63) is 35.6 Å². The molecule has 0 aromatic heterocycles. The van der Waals surface area contributed by atoms with Crippen molar-refractivity contribution in [3.63, 3.8) is 0 Å². The summed E-state index contributed by atoms with van der Waals surface area (Å²) in [4.78, 5) is 50.7. The summed E-state index contributed by atoms with van der Waals surface area (Å²) in [6, 6.07) is 3.72. The van der Waals surface area contributed by atoms with E-state index in [0.29, 0.717) is 24.7 Å². The van der Waals surface area contributed by atoms with Crippen molar-refractivity contribution < 1.29 is 33.0 Å². The van der Waals surface area contributed by atoms with Crippen molar-refractivity contribution in [3.8, 4) is 0 Å².